The highest BCUT2D eigenvalue weighted by atomic mass is 32.2. The SMILES string of the molecule is CC1=Nc2cc(C(=O)NC[C@@H]3CCCO3)ccc2Sc2ccc(C)cc21. The lowest BCUT2D eigenvalue weighted by Crippen LogP contribution is -2.31. The van der Waals surface area contributed by atoms with Crippen LogP contribution in [-0.2, 0) is 4.74 Å². The maximum Gasteiger partial charge on any atom is 0.251 e. The third-order valence-electron chi connectivity index (χ3n) is 4.77. The Hall–Kier alpha value is -2.11. The number of ether oxygens (including phenoxy) is 1. The van der Waals surface area contributed by atoms with Gasteiger partial charge in [-0.1, -0.05) is 23.4 Å². The van der Waals surface area contributed by atoms with Gasteiger partial charge in [0.2, 0.25) is 0 Å². The number of aliphatic imine (C=N–C) groups is 1. The molecule has 2 aliphatic rings. The third-order valence-corrected chi connectivity index (χ3v) is 5.91. The van der Waals surface area contributed by atoms with Crippen molar-refractivity contribution in [1.82, 2.24) is 5.32 Å². The van der Waals surface area contributed by atoms with Crippen molar-refractivity contribution < 1.29 is 9.53 Å². The Balaban J connectivity index is 1.58. The molecule has 1 fully saturated rings. The number of rotatable bonds is 3. The van der Waals surface area contributed by atoms with Crippen molar-refractivity contribution in [1.29, 1.82) is 0 Å². The Kier molecular flexibility index (Phi) is 4.83. The van der Waals surface area contributed by atoms with Crippen molar-refractivity contribution in [3.63, 3.8) is 0 Å². The van der Waals surface area contributed by atoms with E-state index in [-0.39, 0.29) is 12.0 Å². The van der Waals surface area contributed by atoms with Crippen molar-refractivity contribution in [2.75, 3.05) is 13.2 Å². The van der Waals surface area contributed by atoms with Crippen LogP contribution in [0.1, 0.15) is 41.3 Å². The molecule has 4 nitrogen and oxygen atoms in total. The molecule has 2 aromatic rings. The van der Waals surface area contributed by atoms with Crippen LogP contribution in [0.25, 0.3) is 0 Å². The minimum Gasteiger partial charge on any atom is -0.376 e. The summed E-state index contributed by atoms with van der Waals surface area (Å²) in [4.78, 5) is 19.6. The second-order valence-corrected chi connectivity index (χ2v) is 7.91. The Morgan fingerprint density at radius 3 is 2.88 bits per heavy atom. The molecule has 1 saturated heterocycles. The highest BCUT2D eigenvalue weighted by Gasteiger charge is 2.19. The molecule has 1 N–H and O–H groups in total. The van der Waals surface area contributed by atoms with E-state index in [1.54, 1.807) is 11.8 Å². The number of hydrogen-bond acceptors (Lipinski definition) is 4. The summed E-state index contributed by atoms with van der Waals surface area (Å²) >= 11 is 1.70. The number of aryl methyl sites for hydroxylation is 1. The van der Waals surface area contributed by atoms with Gasteiger partial charge in [-0.2, -0.15) is 0 Å². The summed E-state index contributed by atoms with van der Waals surface area (Å²) in [6.45, 7) is 5.48. The molecule has 2 aliphatic heterocycles. The molecule has 2 aromatic carbocycles. The van der Waals surface area contributed by atoms with E-state index in [0.717, 1.165) is 41.3 Å². The highest BCUT2D eigenvalue weighted by molar-refractivity contribution is 7.99. The minimum absolute atomic E-state index is 0.0706. The van der Waals surface area contributed by atoms with Gasteiger partial charge in [-0.05, 0) is 57.0 Å². The predicted octanol–water partition coefficient (Wildman–Crippen LogP) is 4.51. The summed E-state index contributed by atoms with van der Waals surface area (Å²) in [7, 11) is 0. The highest BCUT2D eigenvalue weighted by Crippen LogP contribution is 2.40. The van der Waals surface area contributed by atoms with Crippen LogP contribution in [0.15, 0.2) is 51.2 Å². The van der Waals surface area contributed by atoms with Crippen molar-refractivity contribution in [2.24, 2.45) is 4.99 Å². The third kappa shape index (κ3) is 3.55. The molecule has 5 heteroatoms. The zero-order chi connectivity index (χ0) is 18.1. The van der Waals surface area contributed by atoms with Crippen LogP contribution in [0.5, 0.6) is 0 Å². The van der Waals surface area contributed by atoms with Gasteiger partial charge in [0, 0.05) is 39.8 Å². The fraction of sp³-hybridized carbons (Fsp3) is 0.333. The number of hydrogen-bond donors (Lipinski definition) is 1. The lowest BCUT2D eigenvalue weighted by atomic mass is 10.1. The molecule has 0 spiro atoms. The standard InChI is InChI=1S/C21H22N2O2S/c1-13-5-7-19-17(10-13)14(2)23-18-11-15(6-8-20(18)26-19)21(24)22-12-16-4-3-9-25-16/h5-8,10-11,16H,3-4,9,12H2,1-2H3,(H,22,24)/t16-/m0/s1. The molecule has 1 amide bonds. The van der Waals surface area contributed by atoms with Crippen LogP contribution >= 0.6 is 11.8 Å². The molecule has 0 unspecified atom stereocenters. The minimum atomic E-state index is -0.0706. The molecular formula is C21H22N2O2S. The molecule has 0 aromatic heterocycles. The molecule has 4 rings (SSSR count). The zero-order valence-electron chi connectivity index (χ0n) is 15.0. The summed E-state index contributed by atoms with van der Waals surface area (Å²) < 4.78 is 5.57. The Bertz CT molecular complexity index is 886. The zero-order valence-corrected chi connectivity index (χ0v) is 15.9. The Morgan fingerprint density at radius 1 is 1.23 bits per heavy atom. The monoisotopic (exact) mass is 366 g/mol. The number of nitrogens with one attached hydrogen (secondary N) is 1. The molecule has 0 saturated carbocycles. The number of carbonyl (C=O) groups excluding carboxylic acids is 1. The van der Waals surface area contributed by atoms with Gasteiger partial charge in [-0.3, -0.25) is 9.79 Å². The molecular weight excluding hydrogens is 344 g/mol. The van der Waals surface area contributed by atoms with Crippen molar-refractivity contribution in [3.05, 3.63) is 53.1 Å². The van der Waals surface area contributed by atoms with E-state index in [2.05, 4.69) is 30.4 Å². The molecule has 0 aliphatic carbocycles. The van der Waals surface area contributed by atoms with Gasteiger partial charge in [0.1, 0.15) is 0 Å². The predicted molar refractivity (Wildman–Crippen MR) is 105 cm³/mol. The molecule has 26 heavy (non-hydrogen) atoms. The van der Waals surface area contributed by atoms with Crippen LogP contribution in [0.3, 0.4) is 0 Å². The van der Waals surface area contributed by atoms with Crippen molar-refractivity contribution in [3.8, 4) is 0 Å². The maximum atomic E-state index is 12.5. The first-order valence-corrected chi connectivity index (χ1v) is 9.80. The Morgan fingerprint density at radius 2 is 2.08 bits per heavy atom. The largest absolute Gasteiger partial charge is 0.376 e. The van der Waals surface area contributed by atoms with E-state index in [1.807, 2.05) is 25.1 Å². The first-order chi connectivity index (χ1) is 12.6. The van der Waals surface area contributed by atoms with Gasteiger partial charge >= 0.3 is 0 Å². The van der Waals surface area contributed by atoms with Crippen LogP contribution in [-0.4, -0.2) is 30.9 Å². The van der Waals surface area contributed by atoms with Crippen molar-refractivity contribution >= 4 is 29.1 Å². The van der Waals surface area contributed by atoms with E-state index < -0.39 is 0 Å². The van der Waals surface area contributed by atoms with Crippen LogP contribution in [0.2, 0.25) is 0 Å². The average Bonchev–Trinajstić information content (AvgIpc) is 3.11. The van der Waals surface area contributed by atoms with E-state index in [9.17, 15) is 4.79 Å². The summed E-state index contributed by atoms with van der Waals surface area (Å²) in [5, 5.41) is 2.98. The quantitative estimate of drug-likeness (QED) is 0.869. The van der Waals surface area contributed by atoms with E-state index in [1.165, 1.54) is 10.5 Å². The van der Waals surface area contributed by atoms with Crippen molar-refractivity contribution in [2.45, 2.75) is 42.6 Å². The second-order valence-electron chi connectivity index (χ2n) is 6.83. The molecule has 2 heterocycles. The number of nitrogens with zero attached hydrogens (tertiary/aromatic N) is 1. The van der Waals surface area contributed by atoms with E-state index in [4.69, 9.17) is 9.73 Å². The summed E-state index contributed by atoms with van der Waals surface area (Å²) in [5.74, 6) is -0.0706. The van der Waals surface area contributed by atoms with Gasteiger partial charge in [0.15, 0.2) is 0 Å². The van der Waals surface area contributed by atoms with E-state index >= 15 is 0 Å². The molecule has 0 radical (unpaired) electrons. The number of amides is 1. The molecule has 1 atom stereocenters. The number of benzene rings is 2. The number of fused-ring (bicyclic) bond motifs is 2. The summed E-state index contributed by atoms with van der Waals surface area (Å²) in [5.41, 5.74) is 4.86. The Labute approximate surface area is 158 Å². The summed E-state index contributed by atoms with van der Waals surface area (Å²) in [6.07, 6.45) is 2.24. The van der Waals surface area contributed by atoms with Crippen LogP contribution in [0, 0.1) is 6.92 Å². The van der Waals surface area contributed by atoms with Gasteiger partial charge in [0.05, 0.1) is 11.8 Å². The average molecular weight is 366 g/mol. The van der Waals surface area contributed by atoms with Gasteiger partial charge in [-0.25, -0.2) is 0 Å². The fourth-order valence-corrected chi connectivity index (χ4v) is 4.36. The lowest BCUT2D eigenvalue weighted by molar-refractivity contribution is 0.0858. The van der Waals surface area contributed by atoms with Crippen LogP contribution < -0.4 is 5.32 Å². The van der Waals surface area contributed by atoms with Gasteiger partial charge < -0.3 is 10.1 Å². The second kappa shape index (κ2) is 7.25. The van der Waals surface area contributed by atoms with Gasteiger partial charge in [0.25, 0.3) is 5.91 Å². The van der Waals surface area contributed by atoms with Gasteiger partial charge in [-0.15, -0.1) is 0 Å². The van der Waals surface area contributed by atoms with Crippen LogP contribution in [0.4, 0.5) is 5.69 Å². The molecule has 0 bridgehead atoms. The first kappa shape index (κ1) is 17.3. The smallest absolute Gasteiger partial charge is 0.251 e. The topological polar surface area (TPSA) is 50.7 Å². The first-order valence-electron chi connectivity index (χ1n) is 8.98. The fourth-order valence-electron chi connectivity index (χ4n) is 3.32. The molecule has 134 valence electrons. The summed E-state index contributed by atoms with van der Waals surface area (Å²) in [6, 6.07) is 12.2. The maximum absolute atomic E-state index is 12.5. The lowest BCUT2D eigenvalue weighted by Gasteiger charge is -2.11. The van der Waals surface area contributed by atoms with E-state index in [0.29, 0.717) is 12.1 Å². The number of carbonyl (C=O) groups is 1. The normalized spacial score (nSPS) is 18.5.